The molecule has 0 aliphatic carbocycles. The molecular formula is C21H23Cl2FN2O4S. The largest absolute Gasteiger partial charge is 0.492 e. The maximum absolute atomic E-state index is 12.9. The first-order valence-corrected chi connectivity index (χ1v) is 12.2. The van der Waals surface area contributed by atoms with Gasteiger partial charge < -0.3 is 10.1 Å². The van der Waals surface area contributed by atoms with Crippen LogP contribution in [0.2, 0.25) is 10.0 Å². The Labute approximate surface area is 191 Å². The summed E-state index contributed by atoms with van der Waals surface area (Å²) in [5.41, 5.74) is 0.468. The highest BCUT2D eigenvalue weighted by Crippen LogP contribution is 2.26. The lowest BCUT2D eigenvalue weighted by molar-refractivity contribution is -0.126. The molecular weight excluding hydrogens is 466 g/mol. The van der Waals surface area contributed by atoms with Crippen LogP contribution in [0.25, 0.3) is 0 Å². The predicted molar refractivity (Wildman–Crippen MR) is 118 cm³/mol. The molecule has 0 aromatic heterocycles. The molecule has 2 aromatic rings. The Morgan fingerprint density at radius 3 is 2.65 bits per heavy atom. The summed E-state index contributed by atoms with van der Waals surface area (Å²) in [4.78, 5) is 12.5. The van der Waals surface area contributed by atoms with Gasteiger partial charge in [-0.25, -0.2) is 17.1 Å². The first kappa shape index (κ1) is 23.8. The predicted octanol–water partition coefficient (Wildman–Crippen LogP) is 3.87. The van der Waals surface area contributed by atoms with E-state index in [9.17, 15) is 17.6 Å². The number of amides is 1. The first-order valence-electron chi connectivity index (χ1n) is 9.82. The number of hydrogen-bond donors (Lipinski definition) is 1. The molecule has 31 heavy (non-hydrogen) atoms. The van der Waals surface area contributed by atoms with E-state index in [1.807, 2.05) is 0 Å². The number of piperidine rings is 1. The van der Waals surface area contributed by atoms with Gasteiger partial charge in [0.1, 0.15) is 18.2 Å². The fourth-order valence-corrected chi connectivity index (χ4v) is 5.55. The zero-order valence-corrected chi connectivity index (χ0v) is 19.0. The summed E-state index contributed by atoms with van der Waals surface area (Å²) in [5, 5.41) is 3.51. The number of carbonyl (C=O) groups is 1. The van der Waals surface area contributed by atoms with Gasteiger partial charge in [-0.1, -0.05) is 29.3 Å². The van der Waals surface area contributed by atoms with Crippen molar-refractivity contribution in [3.05, 3.63) is 63.9 Å². The second-order valence-corrected chi connectivity index (χ2v) is 10.1. The number of carbonyl (C=O) groups excluding carboxylic acids is 1. The van der Waals surface area contributed by atoms with Gasteiger partial charge in [-0.2, -0.15) is 0 Å². The molecule has 1 fully saturated rings. The van der Waals surface area contributed by atoms with Crippen molar-refractivity contribution in [1.29, 1.82) is 0 Å². The van der Waals surface area contributed by atoms with Crippen LogP contribution < -0.4 is 10.1 Å². The van der Waals surface area contributed by atoms with Crippen molar-refractivity contribution in [2.75, 3.05) is 26.2 Å². The summed E-state index contributed by atoms with van der Waals surface area (Å²) >= 11 is 12.0. The summed E-state index contributed by atoms with van der Waals surface area (Å²) < 4.78 is 45.4. The molecule has 168 valence electrons. The fraction of sp³-hybridized carbons (Fsp3) is 0.381. The minimum atomic E-state index is -3.63. The molecule has 0 unspecified atom stereocenters. The van der Waals surface area contributed by atoms with Gasteiger partial charge >= 0.3 is 0 Å². The van der Waals surface area contributed by atoms with E-state index in [0.717, 1.165) is 0 Å². The smallest absolute Gasteiger partial charge is 0.224 e. The van der Waals surface area contributed by atoms with Crippen molar-refractivity contribution < 1.29 is 22.3 Å². The van der Waals surface area contributed by atoms with E-state index in [2.05, 4.69) is 5.32 Å². The Morgan fingerprint density at radius 1 is 1.19 bits per heavy atom. The van der Waals surface area contributed by atoms with Crippen molar-refractivity contribution in [3.8, 4) is 5.75 Å². The Bertz CT molecular complexity index is 1020. The van der Waals surface area contributed by atoms with Gasteiger partial charge in [0.2, 0.25) is 15.9 Å². The standard InChI is InChI=1S/C21H23Cl2FN2O4S/c22-17-4-3-16(20(23)12-17)14-31(28,29)26-10-1-2-15(13-26)21(27)25-9-11-30-19-7-5-18(24)6-8-19/h3-8,12,15H,1-2,9-11,13-14H2,(H,25,27)/t15-/m1/s1. The summed E-state index contributed by atoms with van der Waals surface area (Å²) in [6, 6.07) is 10.3. The van der Waals surface area contributed by atoms with Crippen LogP contribution in [0.1, 0.15) is 18.4 Å². The highest BCUT2D eigenvalue weighted by Gasteiger charge is 2.32. The van der Waals surface area contributed by atoms with Gasteiger partial charge in [0, 0.05) is 23.1 Å². The molecule has 10 heteroatoms. The van der Waals surface area contributed by atoms with E-state index in [-0.39, 0.29) is 37.2 Å². The lowest BCUT2D eigenvalue weighted by atomic mass is 9.99. The zero-order valence-electron chi connectivity index (χ0n) is 16.7. The molecule has 0 spiro atoms. The number of nitrogens with one attached hydrogen (secondary N) is 1. The number of nitrogens with zero attached hydrogens (tertiary/aromatic N) is 1. The molecule has 1 heterocycles. The third kappa shape index (κ3) is 6.80. The maximum atomic E-state index is 12.9. The molecule has 0 saturated carbocycles. The van der Waals surface area contributed by atoms with Crippen LogP contribution in [0, 0.1) is 11.7 Å². The number of hydrogen-bond acceptors (Lipinski definition) is 4. The molecule has 1 aliphatic rings. The Morgan fingerprint density at radius 2 is 1.94 bits per heavy atom. The highest BCUT2D eigenvalue weighted by atomic mass is 35.5. The van der Waals surface area contributed by atoms with E-state index >= 15 is 0 Å². The molecule has 2 aromatic carbocycles. The fourth-order valence-electron chi connectivity index (χ4n) is 3.35. The van der Waals surface area contributed by atoms with E-state index in [4.69, 9.17) is 27.9 Å². The molecule has 6 nitrogen and oxygen atoms in total. The van der Waals surface area contributed by atoms with Crippen molar-refractivity contribution in [2.45, 2.75) is 18.6 Å². The summed E-state index contributed by atoms with van der Waals surface area (Å²) in [7, 11) is -3.63. The van der Waals surface area contributed by atoms with Gasteiger partial charge in [0.15, 0.2) is 0 Å². The average Bonchev–Trinajstić information content (AvgIpc) is 2.74. The Hall–Kier alpha value is -1.87. The summed E-state index contributed by atoms with van der Waals surface area (Å²) in [6.07, 6.45) is 1.20. The van der Waals surface area contributed by atoms with Gasteiger partial charge in [-0.3, -0.25) is 4.79 Å². The zero-order chi connectivity index (χ0) is 22.4. The van der Waals surface area contributed by atoms with Crippen LogP contribution in [0.5, 0.6) is 5.75 Å². The number of benzene rings is 2. The molecule has 1 aliphatic heterocycles. The normalized spacial score (nSPS) is 17.3. The van der Waals surface area contributed by atoms with Crippen molar-refractivity contribution in [2.24, 2.45) is 5.92 Å². The quantitative estimate of drug-likeness (QED) is 0.572. The van der Waals surface area contributed by atoms with Crippen LogP contribution in [0.15, 0.2) is 42.5 Å². The maximum Gasteiger partial charge on any atom is 0.224 e. The van der Waals surface area contributed by atoms with Crippen LogP contribution in [-0.2, 0) is 20.6 Å². The van der Waals surface area contributed by atoms with Crippen molar-refractivity contribution >= 4 is 39.1 Å². The lowest BCUT2D eigenvalue weighted by Gasteiger charge is -2.31. The van der Waals surface area contributed by atoms with Gasteiger partial charge in [0.05, 0.1) is 18.2 Å². The monoisotopic (exact) mass is 488 g/mol. The van der Waals surface area contributed by atoms with Gasteiger partial charge in [0.25, 0.3) is 0 Å². The van der Waals surface area contributed by atoms with Crippen molar-refractivity contribution in [3.63, 3.8) is 0 Å². The molecule has 1 atom stereocenters. The van der Waals surface area contributed by atoms with Crippen LogP contribution >= 0.6 is 23.2 Å². The topological polar surface area (TPSA) is 75.7 Å². The van der Waals surface area contributed by atoms with E-state index in [1.165, 1.54) is 34.6 Å². The van der Waals surface area contributed by atoms with E-state index < -0.39 is 15.9 Å². The minimum absolute atomic E-state index is 0.123. The summed E-state index contributed by atoms with van der Waals surface area (Å²) in [5.74, 6) is -0.743. The van der Waals surface area contributed by atoms with Crippen LogP contribution in [0.4, 0.5) is 4.39 Å². The van der Waals surface area contributed by atoms with Crippen molar-refractivity contribution in [1.82, 2.24) is 9.62 Å². The SMILES string of the molecule is O=C(NCCOc1ccc(F)cc1)[C@@H]1CCCN(S(=O)(=O)Cc2ccc(Cl)cc2Cl)C1. The number of halogens is 3. The number of ether oxygens (including phenoxy) is 1. The average molecular weight is 489 g/mol. The molecule has 1 amide bonds. The second-order valence-electron chi connectivity index (χ2n) is 7.28. The van der Waals surface area contributed by atoms with E-state index in [1.54, 1.807) is 12.1 Å². The van der Waals surface area contributed by atoms with Crippen LogP contribution in [0.3, 0.4) is 0 Å². The first-order chi connectivity index (χ1) is 14.7. The number of sulfonamides is 1. The second kappa shape index (κ2) is 10.6. The van der Waals surface area contributed by atoms with Gasteiger partial charge in [-0.15, -0.1) is 0 Å². The van der Waals surface area contributed by atoms with E-state index in [0.29, 0.717) is 40.7 Å². The molecule has 3 rings (SSSR count). The van der Waals surface area contributed by atoms with Crippen LogP contribution in [-0.4, -0.2) is 44.9 Å². The third-order valence-corrected chi connectivity index (χ3v) is 7.37. The number of rotatable bonds is 8. The highest BCUT2D eigenvalue weighted by molar-refractivity contribution is 7.88. The molecule has 1 saturated heterocycles. The third-order valence-electron chi connectivity index (χ3n) is 4.98. The molecule has 1 N–H and O–H groups in total. The molecule has 0 radical (unpaired) electrons. The Balaban J connectivity index is 1.50. The van der Waals surface area contributed by atoms with Gasteiger partial charge in [-0.05, 0) is 54.8 Å². The lowest BCUT2D eigenvalue weighted by Crippen LogP contribution is -2.46. The summed E-state index contributed by atoms with van der Waals surface area (Å²) in [6.45, 7) is 0.976. The molecule has 0 bridgehead atoms. The minimum Gasteiger partial charge on any atom is -0.492 e. The Kier molecular flexibility index (Phi) is 8.16.